The van der Waals surface area contributed by atoms with Gasteiger partial charge in [0.25, 0.3) is 11.7 Å². The lowest BCUT2D eigenvalue weighted by Gasteiger charge is -2.14. The number of aliphatic hydroxyl groups excluding tert-OH is 1. The molecule has 2 aromatic rings. The van der Waals surface area contributed by atoms with E-state index in [4.69, 9.17) is 4.74 Å². The van der Waals surface area contributed by atoms with Crippen molar-refractivity contribution in [3.8, 4) is 5.75 Å². The van der Waals surface area contributed by atoms with Crippen LogP contribution in [0, 0.1) is 0 Å². The largest absolute Gasteiger partial charge is 0.507 e. The predicted molar refractivity (Wildman–Crippen MR) is 92.6 cm³/mol. The second kappa shape index (κ2) is 6.49. The fourth-order valence-electron chi connectivity index (χ4n) is 2.58. The molecule has 1 saturated heterocycles. The van der Waals surface area contributed by atoms with E-state index in [0.29, 0.717) is 16.9 Å². The average Bonchev–Trinajstić information content (AvgIpc) is 2.90. The van der Waals surface area contributed by atoms with Gasteiger partial charge >= 0.3 is 0 Å². The molecular formula is C18H14BrNO4. The number of hydrogen-bond donors (Lipinski definition) is 2. The molecule has 3 rings (SSSR count). The number of ketones is 1. The molecule has 0 aliphatic carbocycles. The van der Waals surface area contributed by atoms with E-state index in [1.165, 1.54) is 0 Å². The zero-order valence-corrected chi connectivity index (χ0v) is 14.3. The molecule has 1 atom stereocenters. The van der Waals surface area contributed by atoms with Crippen molar-refractivity contribution in [2.75, 3.05) is 7.11 Å². The molecule has 0 aromatic heterocycles. The van der Waals surface area contributed by atoms with E-state index in [-0.39, 0.29) is 11.3 Å². The summed E-state index contributed by atoms with van der Waals surface area (Å²) in [6.07, 6.45) is 0. The third-order valence-electron chi connectivity index (χ3n) is 3.84. The van der Waals surface area contributed by atoms with Gasteiger partial charge in [0.15, 0.2) is 0 Å². The lowest BCUT2D eigenvalue weighted by Crippen LogP contribution is -2.21. The van der Waals surface area contributed by atoms with Crippen LogP contribution in [-0.2, 0) is 9.59 Å². The lowest BCUT2D eigenvalue weighted by molar-refractivity contribution is -0.133. The zero-order valence-electron chi connectivity index (χ0n) is 12.7. The molecule has 1 unspecified atom stereocenters. The summed E-state index contributed by atoms with van der Waals surface area (Å²) in [5.74, 6) is -0.991. The second-order valence-electron chi connectivity index (χ2n) is 5.28. The molecular weight excluding hydrogens is 374 g/mol. The number of amides is 1. The standard InChI is InChI=1S/C18H14BrNO4/c1-24-13-8-4-10(5-9-13)15-14(17(22)18(23)20-15)16(21)11-2-6-12(19)7-3-11/h2-9,15,21H,1H3,(H,20,23)/b16-14+. The molecule has 1 aliphatic rings. The third kappa shape index (κ3) is 2.92. The number of halogens is 1. The van der Waals surface area contributed by atoms with Crippen LogP contribution in [-0.4, -0.2) is 23.9 Å². The highest BCUT2D eigenvalue weighted by Gasteiger charge is 2.39. The Morgan fingerprint density at radius 2 is 1.71 bits per heavy atom. The average molecular weight is 388 g/mol. The van der Waals surface area contributed by atoms with Gasteiger partial charge in [0.05, 0.1) is 18.7 Å². The van der Waals surface area contributed by atoms with Gasteiger partial charge in [-0.25, -0.2) is 0 Å². The Bertz CT molecular complexity index is 825. The summed E-state index contributed by atoms with van der Waals surface area (Å²) in [6, 6.07) is 13.1. The number of rotatable bonds is 3. The molecule has 5 nitrogen and oxygen atoms in total. The van der Waals surface area contributed by atoms with Crippen LogP contribution >= 0.6 is 15.9 Å². The number of ether oxygens (including phenoxy) is 1. The summed E-state index contributed by atoms with van der Waals surface area (Å²) in [4.78, 5) is 24.1. The second-order valence-corrected chi connectivity index (χ2v) is 6.19. The van der Waals surface area contributed by atoms with Gasteiger partial charge in [-0.1, -0.05) is 40.2 Å². The minimum Gasteiger partial charge on any atom is -0.507 e. The summed E-state index contributed by atoms with van der Waals surface area (Å²) in [6.45, 7) is 0. The summed E-state index contributed by atoms with van der Waals surface area (Å²) in [7, 11) is 1.56. The fourth-order valence-corrected chi connectivity index (χ4v) is 2.84. The van der Waals surface area contributed by atoms with Gasteiger partial charge in [-0.15, -0.1) is 0 Å². The van der Waals surface area contributed by atoms with Crippen molar-refractivity contribution in [3.05, 3.63) is 69.7 Å². The maximum atomic E-state index is 12.2. The maximum Gasteiger partial charge on any atom is 0.293 e. The number of nitrogens with one attached hydrogen (secondary N) is 1. The van der Waals surface area contributed by atoms with E-state index in [1.54, 1.807) is 55.6 Å². The molecule has 0 spiro atoms. The Morgan fingerprint density at radius 3 is 2.29 bits per heavy atom. The quantitative estimate of drug-likeness (QED) is 0.481. The Hall–Kier alpha value is -2.60. The Labute approximate surface area is 147 Å². The van der Waals surface area contributed by atoms with Crippen molar-refractivity contribution in [3.63, 3.8) is 0 Å². The number of hydrogen-bond acceptors (Lipinski definition) is 4. The van der Waals surface area contributed by atoms with Crippen LogP contribution in [0.3, 0.4) is 0 Å². The van der Waals surface area contributed by atoms with Gasteiger partial charge in [-0.2, -0.15) is 0 Å². The minimum absolute atomic E-state index is 0.0486. The first-order valence-corrected chi connectivity index (χ1v) is 7.98. The zero-order chi connectivity index (χ0) is 17.3. The van der Waals surface area contributed by atoms with Gasteiger partial charge in [-0.05, 0) is 29.8 Å². The highest BCUT2D eigenvalue weighted by atomic mass is 79.9. The topological polar surface area (TPSA) is 75.6 Å². The van der Waals surface area contributed by atoms with Gasteiger partial charge in [-0.3, -0.25) is 9.59 Å². The van der Waals surface area contributed by atoms with Crippen LogP contribution < -0.4 is 10.1 Å². The smallest absolute Gasteiger partial charge is 0.293 e. The normalized spacial score (nSPS) is 19.2. The van der Waals surface area contributed by atoms with Crippen LogP contribution in [0.5, 0.6) is 5.75 Å². The van der Waals surface area contributed by atoms with E-state index in [0.717, 1.165) is 4.47 Å². The van der Waals surface area contributed by atoms with Crippen molar-refractivity contribution in [2.45, 2.75) is 6.04 Å². The van der Waals surface area contributed by atoms with Crippen molar-refractivity contribution < 1.29 is 19.4 Å². The Balaban J connectivity index is 2.07. The molecule has 0 bridgehead atoms. The highest BCUT2D eigenvalue weighted by Crippen LogP contribution is 2.33. The number of carbonyl (C=O) groups is 2. The molecule has 0 radical (unpaired) electrons. The summed E-state index contributed by atoms with van der Waals surface area (Å²) < 4.78 is 5.96. The van der Waals surface area contributed by atoms with Crippen LogP contribution in [0.1, 0.15) is 17.2 Å². The SMILES string of the molecule is COc1ccc(C2NC(=O)C(=O)/C2=C(/O)c2ccc(Br)cc2)cc1. The van der Waals surface area contributed by atoms with Crippen LogP contribution in [0.4, 0.5) is 0 Å². The molecule has 0 saturated carbocycles. The fraction of sp³-hybridized carbons (Fsp3) is 0.111. The van der Waals surface area contributed by atoms with Gasteiger partial charge in [0.2, 0.25) is 0 Å². The third-order valence-corrected chi connectivity index (χ3v) is 4.37. The number of carbonyl (C=O) groups excluding carboxylic acids is 2. The van der Waals surface area contributed by atoms with E-state index in [1.807, 2.05) is 0 Å². The van der Waals surface area contributed by atoms with E-state index in [2.05, 4.69) is 21.2 Å². The van der Waals surface area contributed by atoms with E-state index in [9.17, 15) is 14.7 Å². The Morgan fingerprint density at radius 1 is 1.08 bits per heavy atom. The Kier molecular flexibility index (Phi) is 4.40. The lowest BCUT2D eigenvalue weighted by atomic mass is 9.96. The first-order chi connectivity index (χ1) is 11.5. The molecule has 2 N–H and O–H groups in total. The molecule has 122 valence electrons. The first-order valence-electron chi connectivity index (χ1n) is 7.19. The van der Waals surface area contributed by atoms with Crippen LogP contribution in [0.15, 0.2) is 58.6 Å². The molecule has 24 heavy (non-hydrogen) atoms. The van der Waals surface area contributed by atoms with Crippen molar-refractivity contribution in [2.24, 2.45) is 0 Å². The number of aliphatic hydroxyl groups is 1. The molecule has 1 amide bonds. The van der Waals surface area contributed by atoms with Crippen LogP contribution in [0.2, 0.25) is 0 Å². The number of Topliss-reactive ketones (excluding diaryl/α,β-unsaturated/α-hetero) is 1. The van der Waals surface area contributed by atoms with Gasteiger partial charge < -0.3 is 15.2 Å². The predicted octanol–water partition coefficient (Wildman–Crippen LogP) is 3.17. The van der Waals surface area contributed by atoms with E-state index >= 15 is 0 Å². The molecule has 1 heterocycles. The summed E-state index contributed by atoms with van der Waals surface area (Å²) >= 11 is 3.32. The number of benzene rings is 2. The summed E-state index contributed by atoms with van der Waals surface area (Å²) in [5.41, 5.74) is 1.21. The monoisotopic (exact) mass is 387 g/mol. The van der Waals surface area contributed by atoms with Crippen molar-refractivity contribution >= 4 is 33.4 Å². The highest BCUT2D eigenvalue weighted by molar-refractivity contribution is 9.10. The van der Waals surface area contributed by atoms with Crippen molar-refractivity contribution in [1.29, 1.82) is 0 Å². The molecule has 2 aromatic carbocycles. The molecule has 1 aliphatic heterocycles. The van der Waals surface area contributed by atoms with Crippen molar-refractivity contribution in [1.82, 2.24) is 5.32 Å². The number of methoxy groups -OCH3 is 1. The van der Waals surface area contributed by atoms with Gasteiger partial charge in [0.1, 0.15) is 11.5 Å². The first kappa shape index (κ1) is 16.3. The van der Waals surface area contributed by atoms with Gasteiger partial charge in [0, 0.05) is 10.0 Å². The van der Waals surface area contributed by atoms with Crippen LogP contribution in [0.25, 0.3) is 5.76 Å². The maximum absolute atomic E-state index is 12.2. The molecule has 1 fully saturated rings. The van der Waals surface area contributed by atoms with E-state index < -0.39 is 17.7 Å². The summed E-state index contributed by atoms with van der Waals surface area (Å²) in [5, 5.41) is 13.2. The molecule has 6 heteroatoms. The minimum atomic E-state index is -0.727.